The van der Waals surface area contributed by atoms with Gasteiger partial charge in [0.05, 0.1) is 10.0 Å². The first-order valence-electron chi connectivity index (χ1n) is 9.25. The van der Waals surface area contributed by atoms with Gasteiger partial charge in [-0.25, -0.2) is 0 Å². The number of benzene rings is 1. The van der Waals surface area contributed by atoms with Crippen LogP contribution in [0, 0.1) is 5.92 Å². The molecule has 4 nitrogen and oxygen atoms in total. The molecule has 0 spiro atoms. The maximum Gasteiger partial charge on any atom is 0.246 e. The first-order chi connectivity index (χ1) is 12.5. The Bertz CT molecular complexity index is 691. The van der Waals surface area contributed by atoms with E-state index in [0.717, 1.165) is 44.3 Å². The van der Waals surface area contributed by atoms with Gasteiger partial charge in [0.15, 0.2) is 0 Å². The number of carbonyl (C=O) groups is 2. The molecule has 140 valence electrons. The summed E-state index contributed by atoms with van der Waals surface area (Å²) in [5.74, 6) is 0.319. The average Bonchev–Trinajstić information content (AvgIpc) is 2.69. The van der Waals surface area contributed by atoms with Gasteiger partial charge in [0.2, 0.25) is 11.8 Å². The summed E-state index contributed by atoms with van der Waals surface area (Å²) in [5, 5.41) is 0.967. The summed E-state index contributed by atoms with van der Waals surface area (Å²) in [6.45, 7) is 3.05. The Morgan fingerprint density at radius 1 is 0.923 bits per heavy atom. The van der Waals surface area contributed by atoms with Gasteiger partial charge in [0.25, 0.3) is 0 Å². The summed E-state index contributed by atoms with van der Waals surface area (Å²) >= 11 is 11.9. The molecule has 2 aliphatic rings. The Kier molecular flexibility index (Phi) is 6.60. The summed E-state index contributed by atoms with van der Waals surface area (Å²) in [5.41, 5.74) is 0.836. The van der Waals surface area contributed by atoms with E-state index in [1.807, 2.05) is 15.9 Å². The van der Waals surface area contributed by atoms with Crippen molar-refractivity contribution in [3.63, 3.8) is 0 Å². The lowest BCUT2D eigenvalue weighted by atomic mass is 9.94. The molecule has 3 rings (SSSR count). The van der Waals surface area contributed by atoms with Crippen LogP contribution in [0.3, 0.4) is 0 Å². The summed E-state index contributed by atoms with van der Waals surface area (Å²) in [6.07, 6.45) is 8.26. The van der Waals surface area contributed by atoms with Crippen molar-refractivity contribution < 1.29 is 9.59 Å². The monoisotopic (exact) mass is 394 g/mol. The molecule has 2 aliphatic heterocycles. The smallest absolute Gasteiger partial charge is 0.246 e. The van der Waals surface area contributed by atoms with Crippen LogP contribution in [0.2, 0.25) is 10.0 Å². The maximum atomic E-state index is 12.6. The number of carbonyl (C=O) groups excluding carboxylic acids is 2. The minimum Gasteiger partial charge on any atom is -0.342 e. The van der Waals surface area contributed by atoms with E-state index >= 15 is 0 Å². The van der Waals surface area contributed by atoms with E-state index in [1.54, 1.807) is 24.3 Å². The van der Waals surface area contributed by atoms with Gasteiger partial charge in [-0.15, -0.1) is 0 Å². The van der Waals surface area contributed by atoms with Gasteiger partial charge in [-0.1, -0.05) is 29.3 Å². The topological polar surface area (TPSA) is 40.6 Å². The van der Waals surface area contributed by atoms with E-state index in [9.17, 15) is 9.59 Å². The molecule has 2 amide bonds. The maximum absolute atomic E-state index is 12.6. The molecule has 0 unspecified atom stereocenters. The van der Waals surface area contributed by atoms with Gasteiger partial charge in [-0.2, -0.15) is 0 Å². The second-order valence-electron chi connectivity index (χ2n) is 6.99. The van der Waals surface area contributed by atoms with E-state index < -0.39 is 0 Å². The van der Waals surface area contributed by atoms with Crippen LogP contribution in [0.4, 0.5) is 0 Å². The van der Waals surface area contributed by atoms with Crippen LogP contribution in [0.15, 0.2) is 24.3 Å². The van der Waals surface area contributed by atoms with Crippen molar-refractivity contribution in [3.8, 4) is 0 Å². The highest BCUT2D eigenvalue weighted by atomic mass is 35.5. The Morgan fingerprint density at radius 3 is 2.27 bits per heavy atom. The van der Waals surface area contributed by atoms with Crippen LogP contribution in [0.25, 0.3) is 6.08 Å². The fraction of sp³-hybridized carbons (Fsp3) is 0.500. The average molecular weight is 395 g/mol. The molecule has 1 aromatic rings. The van der Waals surface area contributed by atoms with Crippen molar-refractivity contribution in [2.24, 2.45) is 5.92 Å². The van der Waals surface area contributed by atoms with Gasteiger partial charge in [0.1, 0.15) is 0 Å². The lowest BCUT2D eigenvalue weighted by molar-refractivity contribution is -0.140. The molecular weight excluding hydrogens is 371 g/mol. The molecule has 0 radical (unpaired) electrons. The Balaban J connectivity index is 1.50. The van der Waals surface area contributed by atoms with Crippen LogP contribution in [0.1, 0.15) is 37.7 Å². The molecular formula is C20H24Cl2N2O2. The lowest BCUT2D eigenvalue weighted by Crippen LogP contribution is -2.45. The van der Waals surface area contributed by atoms with Gasteiger partial charge in [0, 0.05) is 38.2 Å². The summed E-state index contributed by atoms with van der Waals surface area (Å²) < 4.78 is 0. The molecule has 6 heteroatoms. The van der Waals surface area contributed by atoms with Crippen LogP contribution < -0.4 is 0 Å². The highest BCUT2D eigenvalue weighted by Crippen LogP contribution is 2.24. The predicted octanol–water partition coefficient (Wildman–Crippen LogP) is 4.26. The van der Waals surface area contributed by atoms with E-state index in [4.69, 9.17) is 23.2 Å². The van der Waals surface area contributed by atoms with Crippen molar-refractivity contribution in [3.05, 3.63) is 39.9 Å². The molecule has 26 heavy (non-hydrogen) atoms. The van der Waals surface area contributed by atoms with Gasteiger partial charge in [-0.05, 0) is 55.9 Å². The molecule has 2 fully saturated rings. The molecule has 2 heterocycles. The van der Waals surface area contributed by atoms with E-state index in [0.29, 0.717) is 23.1 Å². The Labute approximate surface area is 164 Å². The van der Waals surface area contributed by atoms with E-state index in [-0.39, 0.29) is 17.7 Å². The van der Waals surface area contributed by atoms with Crippen molar-refractivity contribution in [1.82, 2.24) is 9.80 Å². The van der Waals surface area contributed by atoms with Gasteiger partial charge < -0.3 is 9.80 Å². The number of hydrogen-bond donors (Lipinski definition) is 0. The molecule has 2 saturated heterocycles. The van der Waals surface area contributed by atoms with E-state index in [2.05, 4.69) is 0 Å². The van der Waals surface area contributed by atoms with Crippen LogP contribution >= 0.6 is 23.2 Å². The van der Waals surface area contributed by atoms with Gasteiger partial charge in [-0.3, -0.25) is 9.59 Å². The number of nitrogens with zero attached hydrogens (tertiary/aromatic N) is 2. The Morgan fingerprint density at radius 2 is 1.62 bits per heavy atom. The minimum absolute atomic E-state index is 0.0278. The Hall–Kier alpha value is -1.52. The van der Waals surface area contributed by atoms with Crippen LogP contribution in [0.5, 0.6) is 0 Å². The first kappa shape index (κ1) is 19.2. The summed E-state index contributed by atoms with van der Waals surface area (Å²) in [6, 6.07) is 5.27. The zero-order valence-corrected chi connectivity index (χ0v) is 16.3. The van der Waals surface area contributed by atoms with Crippen LogP contribution in [-0.4, -0.2) is 47.8 Å². The van der Waals surface area contributed by atoms with E-state index in [1.165, 1.54) is 6.42 Å². The first-order valence-corrected chi connectivity index (χ1v) is 10.0. The molecule has 0 N–H and O–H groups in total. The number of amides is 2. The normalized spacial score (nSPS) is 19.2. The number of piperidine rings is 2. The number of halogens is 2. The molecule has 0 saturated carbocycles. The zero-order chi connectivity index (χ0) is 18.5. The summed E-state index contributed by atoms with van der Waals surface area (Å²) in [4.78, 5) is 28.8. The summed E-state index contributed by atoms with van der Waals surface area (Å²) in [7, 11) is 0. The quantitative estimate of drug-likeness (QED) is 0.718. The second-order valence-corrected chi connectivity index (χ2v) is 7.81. The zero-order valence-electron chi connectivity index (χ0n) is 14.8. The highest BCUT2D eigenvalue weighted by molar-refractivity contribution is 6.42. The standard InChI is InChI=1S/C20H24Cl2N2O2/c21-17-6-4-15(14-18(17)22)5-7-19(25)23-12-8-16(9-13-23)20(26)24-10-2-1-3-11-24/h4-7,14,16H,1-3,8-13H2/b7-5+. The number of likely N-dealkylation sites (tertiary alicyclic amines) is 2. The van der Waals surface area contributed by atoms with Crippen LogP contribution in [-0.2, 0) is 9.59 Å². The molecule has 1 aromatic carbocycles. The number of rotatable bonds is 3. The SMILES string of the molecule is O=C(/C=C/c1ccc(Cl)c(Cl)c1)N1CCC(C(=O)N2CCCCC2)CC1. The van der Waals surface area contributed by atoms with Crippen molar-refractivity contribution in [2.45, 2.75) is 32.1 Å². The minimum atomic E-state index is -0.0278. The fourth-order valence-corrected chi connectivity index (χ4v) is 3.91. The lowest BCUT2D eigenvalue weighted by Gasteiger charge is -2.35. The van der Waals surface area contributed by atoms with Crippen molar-refractivity contribution in [1.29, 1.82) is 0 Å². The molecule has 0 aliphatic carbocycles. The highest BCUT2D eigenvalue weighted by Gasteiger charge is 2.30. The van der Waals surface area contributed by atoms with Gasteiger partial charge >= 0.3 is 0 Å². The molecule has 0 atom stereocenters. The van der Waals surface area contributed by atoms with Crippen molar-refractivity contribution in [2.75, 3.05) is 26.2 Å². The number of hydrogen-bond acceptors (Lipinski definition) is 2. The fourth-order valence-electron chi connectivity index (χ4n) is 3.61. The second kappa shape index (κ2) is 8.92. The largest absolute Gasteiger partial charge is 0.342 e. The third-order valence-electron chi connectivity index (χ3n) is 5.19. The molecule has 0 bridgehead atoms. The molecule has 0 aromatic heterocycles. The predicted molar refractivity (Wildman–Crippen MR) is 105 cm³/mol. The third-order valence-corrected chi connectivity index (χ3v) is 5.92. The third kappa shape index (κ3) is 4.80. The van der Waals surface area contributed by atoms with Crippen molar-refractivity contribution >= 4 is 41.1 Å².